The van der Waals surface area contributed by atoms with Crippen molar-refractivity contribution in [2.45, 2.75) is 6.42 Å². The van der Waals surface area contributed by atoms with Gasteiger partial charge in [-0.05, 0) is 92.3 Å². The van der Waals surface area contributed by atoms with Crippen molar-refractivity contribution in [3.05, 3.63) is 115 Å². The Hall–Kier alpha value is -5.74. The summed E-state index contributed by atoms with van der Waals surface area (Å²) in [6, 6.07) is 29.1. The highest BCUT2D eigenvalue weighted by Crippen LogP contribution is 2.42. The van der Waals surface area contributed by atoms with Crippen LogP contribution in [-0.4, -0.2) is 59.6 Å². The van der Waals surface area contributed by atoms with Gasteiger partial charge in [-0.1, -0.05) is 30.3 Å². The van der Waals surface area contributed by atoms with E-state index < -0.39 is 0 Å². The molecule has 0 fully saturated rings. The van der Waals surface area contributed by atoms with Gasteiger partial charge in [0.2, 0.25) is 5.71 Å². The van der Waals surface area contributed by atoms with Crippen LogP contribution >= 0.6 is 0 Å². The number of furan rings is 1. The molecule has 0 aliphatic carbocycles. The standard InChI is InChI=1S/C36H36N8O2/c1-44(2)23-22-38-28-14-10-27(11-15-28)33-31(26-17-19-37-20-18-26)32-34(40-24-41-35(32)46-33)39-21-16-25-8-12-30(13-9-25)43-36(45)42-29-6-4-3-5-7-29/h3-15,17-20,24,38H,16,21-23H2,1-2H3,(H,39,40,41)(H2,42,43,45). The maximum absolute atomic E-state index is 12.3. The fourth-order valence-corrected chi connectivity index (χ4v) is 5.12. The van der Waals surface area contributed by atoms with Crippen molar-refractivity contribution in [1.29, 1.82) is 0 Å². The summed E-state index contributed by atoms with van der Waals surface area (Å²) < 4.78 is 6.40. The summed E-state index contributed by atoms with van der Waals surface area (Å²) in [6.45, 7) is 2.44. The second kappa shape index (κ2) is 14.4. The number of likely N-dealkylation sites (N-methyl/N-ethyl adjacent to an activating group) is 1. The van der Waals surface area contributed by atoms with Crippen molar-refractivity contribution < 1.29 is 9.21 Å². The number of hydrogen-bond acceptors (Lipinski definition) is 8. The Bertz CT molecular complexity index is 1870. The van der Waals surface area contributed by atoms with Crippen LogP contribution in [0.2, 0.25) is 0 Å². The molecule has 0 bridgehead atoms. The van der Waals surface area contributed by atoms with Crippen molar-refractivity contribution >= 4 is 40.0 Å². The maximum Gasteiger partial charge on any atom is 0.323 e. The van der Waals surface area contributed by atoms with Gasteiger partial charge >= 0.3 is 6.03 Å². The topological polar surface area (TPSA) is 120 Å². The van der Waals surface area contributed by atoms with E-state index in [2.05, 4.69) is 79.5 Å². The van der Waals surface area contributed by atoms with Gasteiger partial charge in [0.1, 0.15) is 17.9 Å². The third-order valence-corrected chi connectivity index (χ3v) is 7.44. The van der Waals surface area contributed by atoms with Crippen LogP contribution in [0, 0.1) is 0 Å². The quantitative estimate of drug-likeness (QED) is 0.114. The first-order valence-electron chi connectivity index (χ1n) is 15.2. The van der Waals surface area contributed by atoms with Crippen molar-refractivity contribution in [3.8, 4) is 22.5 Å². The number of benzene rings is 3. The van der Waals surface area contributed by atoms with E-state index in [1.54, 1.807) is 12.4 Å². The molecule has 2 amide bonds. The van der Waals surface area contributed by atoms with Crippen molar-refractivity contribution in [1.82, 2.24) is 19.9 Å². The zero-order valence-corrected chi connectivity index (χ0v) is 25.8. The molecule has 0 unspecified atom stereocenters. The predicted molar refractivity (Wildman–Crippen MR) is 185 cm³/mol. The number of carbonyl (C=O) groups is 1. The molecule has 10 heteroatoms. The van der Waals surface area contributed by atoms with Crippen LogP contribution in [0.5, 0.6) is 0 Å². The molecular weight excluding hydrogens is 576 g/mol. The van der Waals surface area contributed by atoms with Gasteiger partial charge in [-0.25, -0.2) is 14.8 Å². The van der Waals surface area contributed by atoms with E-state index in [-0.39, 0.29) is 6.03 Å². The van der Waals surface area contributed by atoms with Crippen LogP contribution in [0.4, 0.5) is 27.7 Å². The molecule has 3 aromatic heterocycles. The molecule has 6 rings (SSSR count). The highest BCUT2D eigenvalue weighted by molar-refractivity contribution is 6.06. The number of amides is 2. The summed E-state index contributed by atoms with van der Waals surface area (Å²) in [5.41, 5.74) is 6.96. The minimum absolute atomic E-state index is 0.287. The molecule has 0 radical (unpaired) electrons. The molecule has 4 N–H and O–H groups in total. The smallest absolute Gasteiger partial charge is 0.323 e. The minimum atomic E-state index is -0.287. The third-order valence-electron chi connectivity index (χ3n) is 7.44. The number of hydrogen-bond donors (Lipinski definition) is 4. The van der Waals surface area contributed by atoms with Gasteiger partial charge in [0, 0.05) is 60.2 Å². The lowest BCUT2D eigenvalue weighted by atomic mass is 10.00. The number of pyridine rings is 1. The second-order valence-electron chi connectivity index (χ2n) is 11.1. The molecular formula is C36H36N8O2. The van der Waals surface area contributed by atoms with E-state index in [0.717, 1.165) is 64.3 Å². The number of urea groups is 1. The fourth-order valence-electron chi connectivity index (χ4n) is 5.12. The Morgan fingerprint density at radius 2 is 1.43 bits per heavy atom. The lowest BCUT2D eigenvalue weighted by Gasteiger charge is -2.12. The van der Waals surface area contributed by atoms with Crippen molar-refractivity contribution in [3.63, 3.8) is 0 Å². The molecule has 232 valence electrons. The number of nitrogens with zero attached hydrogens (tertiary/aromatic N) is 4. The summed E-state index contributed by atoms with van der Waals surface area (Å²) in [4.78, 5) is 27.8. The molecule has 0 atom stereocenters. The molecule has 3 heterocycles. The van der Waals surface area contributed by atoms with Gasteiger partial charge in [-0.2, -0.15) is 0 Å². The monoisotopic (exact) mass is 612 g/mol. The predicted octanol–water partition coefficient (Wildman–Crippen LogP) is 7.22. The number of fused-ring (bicyclic) bond motifs is 1. The number of anilines is 4. The highest BCUT2D eigenvalue weighted by Gasteiger charge is 2.22. The largest absolute Gasteiger partial charge is 0.437 e. The molecule has 0 saturated heterocycles. The fraction of sp³-hybridized carbons (Fsp3) is 0.167. The molecule has 6 aromatic rings. The average Bonchev–Trinajstić information content (AvgIpc) is 3.47. The Morgan fingerprint density at radius 3 is 2.15 bits per heavy atom. The first kappa shape index (κ1) is 30.3. The molecule has 10 nitrogen and oxygen atoms in total. The van der Waals surface area contributed by atoms with Crippen LogP contribution in [0.3, 0.4) is 0 Å². The normalized spacial score (nSPS) is 11.0. The third kappa shape index (κ3) is 7.48. The van der Waals surface area contributed by atoms with E-state index in [1.807, 2.05) is 66.7 Å². The molecule has 0 saturated carbocycles. The summed E-state index contributed by atoms with van der Waals surface area (Å²) in [5.74, 6) is 1.42. The highest BCUT2D eigenvalue weighted by atomic mass is 16.3. The van der Waals surface area contributed by atoms with Crippen molar-refractivity contribution in [2.75, 3.05) is 55.0 Å². The van der Waals surface area contributed by atoms with Crippen LogP contribution < -0.4 is 21.3 Å². The lowest BCUT2D eigenvalue weighted by molar-refractivity contribution is 0.262. The summed E-state index contributed by atoms with van der Waals surface area (Å²) in [5, 5.41) is 13.5. The Labute approximate surface area is 267 Å². The summed E-state index contributed by atoms with van der Waals surface area (Å²) >= 11 is 0. The number of nitrogens with one attached hydrogen (secondary N) is 4. The van der Waals surface area contributed by atoms with Gasteiger partial charge in [0.25, 0.3) is 0 Å². The van der Waals surface area contributed by atoms with E-state index in [4.69, 9.17) is 4.42 Å². The van der Waals surface area contributed by atoms with Gasteiger partial charge in [-0.3, -0.25) is 4.98 Å². The lowest BCUT2D eigenvalue weighted by Crippen LogP contribution is -2.20. The summed E-state index contributed by atoms with van der Waals surface area (Å²) in [7, 11) is 4.12. The van der Waals surface area contributed by atoms with E-state index in [0.29, 0.717) is 23.8 Å². The minimum Gasteiger partial charge on any atom is -0.437 e. The van der Waals surface area contributed by atoms with Gasteiger partial charge < -0.3 is 30.6 Å². The van der Waals surface area contributed by atoms with E-state index >= 15 is 0 Å². The number of aromatic nitrogens is 3. The van der Waals surface area contributed by atoms with Crippen LogP contribution in [0.1, 0.15) is 5.56 Å². The molecule has 0 aliphatic rings. The van der Waals surface area contributed by atoms with Crippen LogP contribution in [0.15, 0.2) is 114 Å². The molecule has 46 heavy (non-hydrogen) atoms. The average molecular weight is 613 g/mol. The van der Waals surface area contributed by atoms with Crippen LogP contribution in [-0.2, 0) is 6.42 Å². The summed E-state index contributed by atoms with van der Waals surface area (Å²) in [6.07, 6.45) is 5.82. The first-order valence-corrected chi connectivity index (χ1v) is 15.2. The zero-order valence-electron chi connectivity index (χ0n) is 25.8. The number of rotatable bonds is 12. The van der Waals surface area contributed by atoms with Gasteiger partial charge in [0.15, 0.2) is 0 Å². The first-order chi connectivity index (χ1) is 22.5. The van der Waals surface area contributed by atoms with Crippen LogP contribution in [0.25, 0.3) is 33.6 Å². The molecule has 0 spiro atoms. The molecule has 3 aromatic carbocycles. The Balaban J connectivity index is 1.17. The molecule has 0 aliphatic heterocycles. The Kier molecular flexibility index (Phi) is 9.46. The van der Waals surface area contributed by atoms with E-state index in [9.17, 15) is 4.79 Å². The van der Waals surface area contributed by atoms with Gasteiger partial charge in [-0.15, -0.1) is 0 Å². The van der Waals surface area contributed by atoms with Gasteiger partial charge in [0.05, 0.1) is 5.39 Å². The number of carbonyl (C=O) groups excluding carboxylic acids is 1. The second-order valence-corrected chi connectivity index (χ2v) is 11.1. The number of para-hydroxylation sites is 1. The van der Waals surface area contributed by atoms with E-state index in [1.165, 1.54) is 6.33 Å². The van der Waals surface area contributed by atoms with Crippen molar-refractivity contribution in [2.24, 2.45) is 0 Å². The zero-order chi connectivity index (χ0) is 31.7. The SMILES string of the molecule is CN(C)CCNc1ccc(-c2oc3ncnc(NCCc4ccc(NC(=O)Nc5ccccc5)cc4)c3c2-c2ccncc2)cc1. The maximum atomic E-state index is 12.3. The Morgan fingerprint density at radius 1 is 0.739 bits per heavy atom.